The van der Waals surface area contributed by atoms with E-state index in [-0.39, 0.29) is 0 Å². The van der Waals surface area contributed by atoms with Gasteiger partial charge < -0.3 is 5.32 Å². The standard InChI is InChI=1S/C18H30N2S/c1-3-9-19-12-17-11-16(14(2)21-17)13-20-10-5-7-15-6-4-8-18(15)20/h11,15,18-19H,3-10,12-13H2,1-2H3. The third-order valence-corrected chi connectivity index (χ3v) is 6.37. The zero-order valence-corrected chi connectivity index (χ0v) is 14.5. The molecule has 3 rings (SSSR count). The lowest BCUT2D eigenvalue weighted by molar-refractivity contribution is 0.106. The van der Waals surface area contributed by atoms with Crippen LogP contribution in [-0.4, -0.2) is 24.0 Å². The van der Waals surface area contributed by atoms with E-state index in [1.165, 1.54) is 61.4 Å². The Morgan fingerprint density at radius 1 is 1.29 bits per heavy atom. The van der Waals surface area contributed by atoms with E-state index in [0.29, 0.717) is 0 Å². The van der Waals surface area contributed by atoms with E-state index in [2.05, 4.69) is 30.1 Å². The van der Waals surface area contributed by atoms with Crippen LogP contribution in [0, 0.1) is 12.8 Å². The summed E-state index contributed by atoms with van der Waals surface area (Å²) in [6.07, 6.45) is 8.49. The maximum absolute atomic E-state index is 3.53. The average molecular weight is 307 g/mol. The van der Waals surface area contributed by atoms with Gasteiger partial charge >= 0.3 is 0 Å². The van der Waals surface area contributed by atoms with E-state index in [1.807, 2.05) is 11.3 Å². The van der Waals surface area contributed by atoms with Crippen LogP contribution in [0.25, 0.3) is 0 Å². The lowest BCUT2D eigenvalue weighted by atomic mass is 9.91. The van der Waals surface area contributed by atoms with Crippen molar-refractivity contribution in [3.8, 4) is 0 Å². The van der Waals surface area contributed by atoms with Crippen molar-refractivity contribution in [2.45, 2.75) is 71.5 Å². The summed E-state index contributed by atoms with van der Waals surface area (Å²) in [6, 6.07) is 3.35. The first-order chi connectivity index (χ1) is 10.3. The Hall–Kier alpha value is -0.380. The maximum Gasteiger partial charge on any atom is 0.0299 e. The Bertz CT molecular complexity index is 454. The monoisotopic (exact) mass is 306 g/mol. The van der Waals surface area contributed by atoms with Crippen LogP contribution in [0.15, 0.2) is 6.07 Å². The molecule has 0 spiro atoms. The Morgan fingerprint density at radius 2 is 2.14 bits per heavy atom. The fourth-order valence-electron chi connectivity index (χ4n) is 4.19. The summed E-state index contributed by atoms with van der Waals surface area (Å²) < 4.78 is 0. The van der Waals surface area contributed by atoms with Crippen LogP contribution in [-0.2, 0) is 13.1 Å². The largest absolute Gasteiger partial charge is 0.312 e. The van der Waals surface area contributed by atoms with Gasteiger partial charge in [0.1, 0.15) is 0 Å². The van der Waals surface area contributed by atoms with Gasteiger partial charge in [-0.3, -0.25) is 4.90 Å². The van der Waals surface area contributed by atoms with Gasteiger partial charge in [-0.15, -0.1) is 11.3 Å². The molecule has 0 radical (unpaired) electrons. The van der Waals surface area contributed by atoms with Crippen LogP contribution in [0.3, 0.4) is 0 Å². The minimum Gasteiger partial charge on any atom is -0.312 e. The molecule has 0 bridgehead atoms. The van der Waals surface area contributed by atoms with Gasteiger partial charge in [-0.05, 0) is 69.7 Å². The molecule has 1 aromatic rings. The second kappa shape index (κ2) is 7.26. The fraction of sp³-hybridized carbons (Fsp3) is 0.778. The Morgan fingerprint density at radius 3 is 3.00 bits per heavy atom. The molecule has 3 heteroatoms. The summed E-state index contributed by atoms with van der Waals surface area (Å²) in [4.78, 5) is 5.83. The highest BCUT2D eigenvalue weighted by atomic mass is 32.1. The van der Waals surface area contributed by atoms with Crippen molar-refractivity contribution in [3.63, 3.8) is 0 Å². The van der Waals surface area contributed by atoms with Gasteiger partial charge in [0.25, 0.3) is 0 Å². The van der Waals surface area contributed by atoms with Gasteiger partial charge in [-0.2, -0.15) is 0 Å². The molecule has 1 N–H and O–H groups in total. The number of nitrogens with zero attached hydrogens (tertiary/aromatic N) is 1. The molecule has 2 nitrogen and oxygen atoms in total. The zero-order valence-electron chi connectivity index (χ0n) is 13.7. The van der Waals surface area contributed by atoms with E-state index in [4.69, 9.17) is 0 Å². The topological polar surface area (TPSA) is 15.3 Å². The fourth-order valence-corrected chi connectivity index (χ4v) is 5.22. The van der Waals surface area contributed by atoms with Crippen LogP contribution in [0.2, 0.25) is 0 Å². The first kappa shape index (κ1) is 15.5. The Kier molecular flexibility index (Phi) is 5.36. The summed E-state index contributed by atoms with van der Waals surface area (Å²) in [6.45, 7) is 9.22. The number of piperidine rings is 1. The molecule has 1 aliphatic carbocycles. The summed E-state index contributed by atoms with van der Waals surface area (Å²) in [5.41, 5.74) is 1.58. The van der Waals surface area contributed by atoms with Crippen LogP contribution >= 0.6 is 11.3 Å². The lowest BCUT2D eigenvalue weighted by Gasteiger charge is -2.37. The summed E-state index contributed by atoms with van der Waals surface area (Å²) in [5, 5.41) is 3.53. The number of hydrogen-bond acceptors (Lipinski definition) is 3. The SMILES string of the molecule is CCCNCc1cc(CN2CCCC3CCCC32)c(C)s1. The number of fused-ring (bicyclic) bond motifs is 1. The average Bonchev–Trinajstić information content (AvgIpc) is 3.07. The maximum atomic E-state index is 3.53. The number of thiophene rings is 1. The first-order valence-electron chi connectivity index (χ1n) is 8.81. The molecular formula is C18H30N2S. The van der Waals surface area contributed by atoms with E-state index in [1.54, 1.807) is 5.56 Å². The highest BCUT2D eigenvalue weighted by molar-refractivity contribution is 7.12. The molecular weight excluding hydrogens is 276 g/mol. The smallest absolute Gasteiger partial charge is 0.0299 e. The molecule has 0 amide bonds. The highest BCUT2D eigenvalue weighted by Crippen LogP contribution is 2.38. The van der Waals surface area contributed by atoms with Crippen molar-refractivity contribution in [1.82, 2.24) is 10.2 Å². The molecule has 2 atom stereocenters. The number of rotatable bonds is 6. The van der Waals surface area contributed by atoms with Crippen LogP contribution in [0.5, 0.6) is 0 Å². The molecule has 118 valence electrons. The normalized spacial score (nSPS) is 26.2. The molecule has 21 heavy (non-hydrogen) atoms. The van der Waals surface area contributed by atoms with Crippen molar-refractivity contribution in [2.75, 3.05) is 13.1 Å². The molecule has 1 aliphatic heterocycles. The Labute approximate surface area is 133 Å². The van der Waals surface area contributed by atoms with Crippen LogP contribution in [0.4, 0.5) is 0 Å². The molecule has 1 aromatic heterocycles. The van der Waals surface area contributed by atoms with Gasteiger partial charge in [0, 0.05) is 28.9 Å². The van der Waals surface area contributed by atoms with Crippen molar-refractivity contribution in [3.05, 3.63) is 21.4 Å². The summed E-state index contributed by atoms with van der Waals surface area (Å²) in [5.74, 6) is 1.00. The molecule has 2 aliphatic rings. The van der Waals surface area contributed by atoms with E-state index >= 15 is 0 Å². The number of aryl methyl sites for hydroxylation is 1. The zero-order chi connectivity index (χ0) is 14.7. The third kappa shape index (κ3) is 3.69. The predicted octanol–water partition coefficient (Wildman–Crippen LogP) is 4.32. The summed E-state index contributed by atoms with van der Waals surface area (Å²) >= 11 is 1.99. The van der Waals surface area contributed by atoms with Crippen LogP contribution in [0.1, 0.15) is 60.8 Å². The molecule has 1 saturated heterocycles. The third-order valence-electron chi connectivity index (χ3n) is 5.28. The first-order valence-corrected chi connectivity index (χ1v) is 9.62. The van der Waals surface area contributed by atoms with Gasteiger partial charge in [0.15, 0.2) is 0 Å². The van der Waals surface area contributed by atoms with Crippen LogP contribution < -0.4 is 5.32 Å². The number of nitrogens with one attached hydrogen (secondary N) is 1. The predicted molar refractivity (Wildman–Crippen MR) is 91.8 cm³/mol. The quantitative estimate of drug-likeness (QED) is 0.787. The second-order valence-corrected chi connectivity index (χ2v) is 8.18. The van der Waals surface area contributed by atoms with Crippen molar-refractivity contribution < 1.29 is 0 Å². The summed E-state index contributed by atoms with van der Waals surface area (Å²) in [7, 11) is 0. The van der Waals surface area contributed by atoms with Crippen molar-refractivity contribution in [1.29, 1.82) is 0 Å². The van der Waals surface area contributed by atoms with Gasteiger partial charge in [-0.25, -0.2) is 0 Å². The van der Waals surface area contributed by atoms with Crippen molar-refractivity contribution in [2.24, 2.45) is 5.92 Å². The van der Waals surface area contributed by atoms with Gasteiger partial charge in [0.05, 0.1) is 0 Å². The van der Waals surface area contributed by atoms with E-state index in [9.17, 15) is 0 Å². The molecule has 2 unspecified atom stereocenters. The highest BCUT2D eigenvalue weighted by Gasteiger charge is 2.34. The molecule has 0 aromatic carbocycles. The molecule has 2 fully saturated rings. The molecule has 2 heterocycles. The minimum absolute atomic E-state index is 0.889. The van der Waals surface area contributed by atoms with Gasteiger partial charge in [-0.1, -0.05) is 13.3 Å². The molecule has 1 saturated carbocycles. The van der Waals surface area contributed by atoms with E-state index < -0.39 is 0 Å². The van der Waals surface area contributed by atoms with Crippen molar-refractivity contribution >= 4 is 11.3 Å². The lowest BCUT2D eigenvalue weighted by Crippen LogP contribution is -2.41. The minimum atomic E-state index is 0.889. The number of hydrogen-bond donors (Lipinski definition) is 1. The second-order valence-electron chi connectivity index (χ2n) is 6.84. The van der Waals surface area contributed by atoms with E-state index in [0.717, 1.165) is 25.0 Å². The van der Waals surface area contributed by atoms with Gasteiger partial charge in [0.2, 0.25) is 0 Å². The number of likely N-dealkylation sites (tertiary alicyclic amines) is 1. The Balaban J connectivity index is 1.61.